The van der Waals surface area contributed by atoms with Gasteiger partial charge in [-0.15, -0.1) is 0 Å². The quantitative estimate of drug-likeness (QED) is 0.550. The van der Waals surface area contributed by atoms with Gasteiger partial charge in [-0.05, 0) is 56.1 Å². The largest absolute Gasteiger partial charge is 0.344 e. The molecule has 192 valence electrons. The first kappa shape index (κ1) is 25.2. The van der Waals surface area contributed by atoms with Crippen LogP contribution in [0, 0.1) is 17.8 Å². The standard InChI is InChI=1S/C26H30Cl2N4O4/c1-2-19(33)18(11-13-5-4-8-20(13)34)29-25(35)23-15-7-3-6-14(15)12-32(23)26(36)24-30-21-16(27)9-10-17(28)22(21)31-24/h9-10,13-15,18,23H,2-8,11-12H2,1H3,(H,29,35)(H,30,31). The molecule has 2 heterocycles. The van der Waals surface area contributed by atoms with Crippen LogP contribution in [0.3, 0.4) is 0 Å². The highest BCUT2D eigenvalue weighted by Crippen LogP contribution is 2.43. The average Bonchev–Trinajstić information content (AvgIpc) is 3.64. The molecule has 2 saturated carbocycles. The van der Waals surface area contributed by atoms with Crippen molar-refractivity contribution in [3.63, 3.8) is 0 Å². The summed E-state index contributed by atoms with van der Waals surface area (Å²) in [6.07, 6.45) is 5.50. The van der Waals surface area contributed by atoms with Gasteiger partial charge in [0.05, 0.1) is 21.6 Å². The Hall–Kier alpha value is -2.45. The van der Waals surface area contributed by atoms with Crippen molar-refractivity contribution in [3.05, 3.63) is 28.0 Å². The minimum Gasteiger partial charge on any atom is -0.344 e. The second-order valence-corrected chi connectivity index (χ2v) is 11.1. The number of carbonyl (C=O) groups is 4. The molecule has 5 unspecified atom stereocenters. The minimum atomic E-state index is -0.726. The molecule has 1 aromatic carbocycles. The van der Waals surface area contributed by atoms with E-state index in [0.717, 1.165) is 32.1 Å². The Morgan fingerprint density at radius 3 is 2.64 bits per heavy atom. The molecule has 10 heteroatoms. The summed E-state index contributed by atoms with van der Waals surface area (Å²) >= 11 is 12.5. The number of likely N-dealkylation sites (tertiary alicyclic amines) is 1. The summed E-state index contributed by atoms with van der Waals surface area (Å²) < 4.78 is 0. The molecule has 2 aliphatic carbocycles. The van der Waals surface area contributed by atoms with Crippen LogP contribution in [0.2, 0.25) is 10.0 Å². The van der Waals surface area contributed by atoms with Crippen LogP contribution in [0.25, 0.3) is 11.0 Å². The predicted octanol–water partition coefficient (Wildman–Crippen LogP) is 4.33. The summed E-state index contributed by atoms with van der Waals surface area (Å²) in [6.45, 7) is 2.21. The monoisotopic (exact) mass is 532 g/mol. The number of aromatic nitrogens is 2. The van der Waals surface area contributed by atoms with Crippen LogP contribution >= 0.6 is 23.2 Å². The van der Waals surface area contributed by atoms with E-state index in [1.165, 1.54) is 0 Å². The SMILES string of the molecule is CCC(=O)C(CC1CCCC1=O)NC(=O)C1C2CCCC2CN1C(=O)c1nc2c(Cl)ccc(Cl)c2[nH]1. The van der Waals surface area contributed by atoms with E-state index in [1.807, 2.05) is 0 Å². The molecule has 8 nitrogen and oxygen atoms in total. The lowest BCUT2D eigenvalue weighted by Gasteiger charge is -2.29. The molecule has 5 atom stereocenters. The Bertz CT molecular complexity index is 1190. The predicted molar refractivity (Wildman–Crippen MR) is 136 cm³/mol. The van der Waals surface area contributed by atoms with Crippen molar-refractivity contribution in [1.29, 1.82) is 0 Å². The van der Waals surface area contributed by atoms with Gasteiger partial charge in [0.1, 0.15) is 17.3 Å². The maximum Gasteiger partial charge on any atom is 0.290 e. The van der Waals surface area contributed by atoms with Crippen molar-refractivity contribution in [2.24, 2.45) is 17.8 Å². The summed E-state index contributed by atoms with van der Waals surface area (Å²) in [7, 11) is 0. The smallest absolute Gasteiger partial charge is 0.290 e. The fourth-order valence-corrected chi connectivity index (χ4v) is 6.71. The molecule has 0 bridgehead atoms. The number of hydrogen-bond acceptors (Lipinski definition) is 5. The van der Waals surface area contributed by atoms with E-state index < -0.39 is 18.0 Å². The van der Waals surface area contributed by atoms with Gasteiger partial charge in [0.2, 0.25) is 5.91 Å². The first-order valence-electron chi connectivity index (χ1n) is 12.8. The molecule has 2 amide bonds. The van der Waals surface area contributed by atoms with Crippen molar-refractivity contribution < 1.29 is 19.2 Å². The third-order valence-corrected chi connectivity index (χ3v) is 8.79. The van der Waals surface area contributed by atoms with Gasteiger partial charge in [-0.3, -0.25) is 19.2 Å². The van der Waals surface area contributed by atoms with E-state index >= 15 is 0 Å². The summed E-state index contributed by atoms with van der Waals surface area (Å²) in [5.41, 5.74) is 0.880. The number of nitrogens with one attached hydrogen (secondary N) is 2. The van der Waals surface area contributed by atoms with Crippen LogP contribution in [0.15, 0.2) is 12.1 Å². The number of nitrogens with zero attached hydrogens (tertiary/aromatic N) is 2. The van der Waals surface area contributed by atoms with Gasteiger partial charge >= 0.3 is 0 Å². The van der Waals surface area contributed by atoms with E-state index in [2.05, 4.69) is 15.3 Å². The lowest BCUT2D eigenvalue weighted by molar-refractivity contribution is -0.131. The number of amides is 2. The van der Waals surface area contributed by atoms with E-state index in [0.29, 0.717) is 40.5 Å². The van der Waals surface area contributed by atoms with Gasteiger partial charge in [-0.1, -0.05) is 36.5 Å². The van der Waals surface area contributed by atoms with Crippen LogP contribution in [0.4, 0.5) is 0 Å². The number of imidazole rings is 1. The van der Waals surface area contributed by atoms with Crippen LogP contribution in [-0.4, -0.2) is 56.9 Å². The molecule has 1 aromatic heterocycles. The van der Waals surface area contributed by atoms with Gasteiger partial charge in [0.25, 0.3) is 5.91 Å². The fraction of sp³-hybridized carbons (Fsp3) is 0.577. The maximum absolute atomic E-state index is 13.7. The average molecular weight is 533 g/mol. The molecule has 1 aliphatic heterocycles. The third kappa shape index (κ3) is 4.54. The van der Waals surface area contributed by atoms with Crippen molar-refractivity contribution >= 4 is 57.6 Å². The first-order chi connectivity index (χ1) is 17.3. The zero-order chi connectivity index (χ0) is 25.6. The Kier molecular flexibility index (Phi) is 7.10. The summed E-state index contributed by atoms with van der Waals surface area (Å²) in [6, 6.07) is 1.83. The number of hydrogen-bond donors (Lipinski definition) is 2. The van der Waals surface area contributed by atoms with Crippen LogP contribution < -0.4 is 5.32 Å². The molecule has 0 radical (unpaired) electrons. The summed E-state index contributed by atoms with van der Waals surface area (Å²) in [5, 5.41) is 3.72. The number of carbonyl (C=O) groups excluding carboxylic acids is 4. The highest BCUT2D eigenvalue weighted by atomic mass is 35.5. The van der Waals surface area contributed by atoms with Crippen LogP contribution in [0.1, 0.15) is 68.9 Å². The van der Waals surface area contributed by atoms with Crippen molar-refractivity contribution in [1.82, 2.24) is 20.2 Å². The van der Waals surface area contributed by atoms with Crippen molar-refractivity contribution in [2.75, 3.05) is 6.54 Å². The number of ketones is 2. The number of halogens is 2. The topological polar surface area (TPSA) is 112 Å². The maximum atomic E-state index is 13.7. The Morgan fingerprint density at radius 1 is 1.17 bits per heavy atom. The van der Waals surface area contributed by atoms with Gasteiger partial charge in [0, 0.05) is 25.3 Å². The third-order valence-electron chi connectivity index (χ3n) is 8.17. The molecular weight excluding hydrogens is 503 g/mol. The molecule has 1 saturated heterocycles. The number of Topliss-reactive ketones (excluding diaryl/α,β-unsaturated/α-hetero) is 2. The van der Waals surface area contributed by atoms with Gasteiger partial charge in [0.15, 0.2) is 11.6 Å². The second-order valence-electron chi connectivity index (χ2n) is 10.3. The molecule has 5 rings (SSSR count). The number of H-pyrrole nitrogens is 1. The first-order valence-corrected chi connectivity index (χ1v) is 13.5. The Labute approximate surface area is 219 Å². The van der Waals surface area contributed by atoms with E-state index in [1.54, 1.807) is 24.0 Å². The van der Waals surface area contributed by atoms with E-state index in [-0.39, 0.29) is 47.5 Å². The normalized spacial score (nSPS) is 26.4. The number of fused-ring (bicyclic) bond motifs is 2. The number of aromatic amines is 1. The van der Waals surface area contributed by atoms with Gasteiger partial charge < -0.3 is 15.2 Å². The Balaban J connectivity index is 1.40. The number of rotatable bonds is 7. The molecule has 3 aliphatic rings. The lowest BCUT2D eigenvalue weighted by Crippen LogP contribution is -2.53. The highest BCUT2D eigenvalue weighted by Gasteiger charge is 2.50. The van der Waals surface area contributed by atoms with Crippen LogP contribution in [0.5, 0.6) is 0 Å². The second kappa shape index (κ2) is 10.1. The summed E-state index contributed by atoms with van der Waals surface area (Å²) in [5.74, 6) is -0.530. The molecule has 2 aromatic rings. The molecule has 2 N–H and O–H groups in total. The van der Waals surface area contributed by atoms with Crippen molar-refractivity contribution in [3.8, 4) is 0 Å². The van der Waals surface area contributed by atoms with E-state index in [9.17, 15) is 19.2 Å². The zero-order valence-corrected chi connectivity index (χ0v) is 21.7. The zero-order valence-electron chi connectivity index (χ0n) is 20.2. The molecule has 3 fully saturated rings. The molecular formula is C26H30Cl2N4O4. The lowest BCUT2D eigenvalue weighted by atomic mass is 9.91. The molecule has 0 spiro atoms. The van der Waals surface area contributed by atoms with Crippen molar-refractivity contribution in [2.45, 2.75) is 70.4 Å². The highest BCUT2D eigenvalue weighted by molar-refractivity contribution is 6.39. The van der Waals surface area contributed by atoms with Crippen LogP contribution in [-0.2, 0) is 14.4 Å². The minimum absolute atomic E-state index is 0.0241. The van der Waals surface area contributed by atoms with E-state index in [4.69, 9.17) is 23.2 Å². The number of benzene rings is 1. The summed E-state index contributed by atoms with van der Waals surface area (Å²) in [4.78, 5) is 61.3. The van der Waals surface area contributed by atoms with Gasteiger partial charge in [-0.25, -0.2) is 4.98 Å². The van der Waals surface area contributed by atoms with Gasteiger partial charge in [-0.2, -0.15) is 0 Å². The Morgan fingerprint density at radius 2 is 1.94 bits per heavy atom. The fourth-order valence-electron chi connectivity index (χ4n) is 6.31. The molecule has 36 heavy (non-hydrogen) atoms.